The Labute approximate surface area is 174 Å². The Balaban J connectivity index is 1.31. The highest BCUT2D eigenvalue weighted by Gasteiger charge is 2.46. The third-order valence-electron chi connectivity index (χ3n) is 6.27. The minimum atomic E-state index is -0.269. The molecule has 2 bridgehead atoms. The maximum Gasteiger partial charge on any atom is 0.229 e. The van der Waals surface area contributed by atoms with Gasteiger partial charge in [-0.25, -0.2) is 9.07 Å². The molecule has 8 nitrogen and oxygen atoms in total. The van der Waals surface area contributed by atoms with Crippen LogP contribution in [0.15, 0.2) is 30.5 Å². The van der Waals surface area contributed by atoms with Gasteiger partial charge in [-0.15, -0.1) is 5.10 Å². The molecule has 0 spiro atoms. The average molecular weight is 415 g/mol. The Hall–Kier alpha value is -2.81. The predicted octanol–water partition coefficient (Wildman–Crippen LogP) is -0.370. The van der Waals surface area contributed by atoms with Gasteiger partial charge in [-0.05, 0) is 30.2 Å². The molecule has 2 amide bonds. The minimum Gasteiger partial charge on any atom is -0.355 e. The van der Waals surface area contributed by atoms with E-state index < -0.39 is 0 Å². The van der Waals surface area contributed by atoms with E-state index in [-0.39, 0.29) is 23.5 Å². The summed E-state index contributed by atoms with van der Waals surface area (Å²) in [6.07, 6.45) is 3.96. The van der Waals surface area contributed by atoms with Crippen molar-refractivity contribution in [1.82, 2.24) is 25.6 Å². The van der Waals surface area contributed by atoms with Gasteiger partial charge in [-0.3, -0.25) is 9.59 Å². The van der Waals surface area contributed by atoms with Gasteiger partial charge in [0.25, 0.3) is 0 Å². The van der Waals surface area contributed by atoms with Crippen LogP contribution < -0.4 is 15.5 Å². The van der Waals surface area contributed by atoms with Crippen molar-refractivity contribution in [1.29, 1.82) is 0 Å². The molecule has 0 aliphatic carbocycles. The number of fused-ring (bicyclic) bond motifs is 3. The lowest BCUT2D eigenvalue weighted by molar-refractivity contribution is -0.945. The highest BCUT2D eigenvalue weighted by molar-refractivity contribution is 5.79. The van der Waals surface area contributed by atoms with Crippen molar-refractivity contribution in [2.24, 2.45) is 11.8 Å². The second-order valence-corrected chi connectivity index (χ2v) is 8.31. The first kappa shape index (κ1) is 20.5. The summed E-state index contributed by atoms with van der Waals surface area (Å²) in [6, 6.07) is 6.67. The van der Waals surface area contributed by atoms with Crippen molar-refractivity contribution < 1.29 is 18.9 Å². The topological polar surface area (TPSA) is 93.3 Å². The lowest BCUT2D eigenvalue weighted by Crippen LogP contribution is -3.20. The summed E-state index contributed by atoms with van der Waals surface area (Å²) >= 11 is 0. The molecule has 4 heterocycles. The maximum absolute atomic E-state index is 13.1. The van der Waals surface area contributed by atoms with Crippen LogP contribution in [0.4, 0.5) is 4.39 Å². The van der Waals surface area contributed by atoms with E-state index in [1.54, 1.807) is 12.1 Å². The van der Waals surface area contributed by atoms with Crippen molar-refractivity contribution in [3.05, 3.63) is 36.3 Å². The van der Waals surface area contributed by atoms with Crippen LogP contribution >= 0.6 is 0 Å². The fourth-order valence-electron chi connectivity index (χ4n) is 4.74. The van der Waals surface area contributed by atoms with E-state index in [1.807, 2.05) is 10.9 Å². The third kappa shape index (κ3) is 4.67. The van der Waals surface area contributed by atoms with Gasteiger partial charge < -0.3 is 15.5 Å². The number of benzene rings is 1. The molecular formula is C21H28FN6O2+. The summed E-state index contributed by atoms with van der Waals surface area (Å²) < 4.78 is 15.0. The van der Waals surface area contributed by atoms with Crippen molar-refractivity contribution in [3.63, 3.8) is 0 Å². The highest BCUT2D eigenvalue weighted by Crippen LogP contribution is 2.28. The van der Waals surface area contributed by atoms with Crippen molar-refractivity contribution in [2.75, 3.05) is 26.2 Å². The first-order chi connectivity index (χ1) is 14.5. The van der Waals surface area contributed by atoms with Crippen molar-refractivity contribution >= 4 is 11.8 Å². The molecule has 2 aromatic rings. The van der Waals surface area contributed by atoms with Crippen LogP contribution in [0.25, 0.3) is 11.3 Å². The molecule has 3 aliphatic heterocycles. The summed E-state index contributed by atoms with van der Waals surface area (Å²) in [7, 11) is 0. The van der Waals surface area contributed by atoms with E-state index >= 15 is 0 Å². The number of amides is 2. The van der Waals surface area contributed by atoms with Crippen LogP contribution in [0.3, 0.4) is 0 Å². The number of nitrogens with zero attached hydrogens (tertiary/aromatic N) is 3. The number of rotatable bonds is 7. The van der Waals surface area contributed by atoms with Crippen molar-refractivity contribution in [2.45, 2.75) is 32.4 Å². The number of nitrogens with one attached hydrogen (secondary N) is 3. The smallest absolute Gasteiger partial charge is 0.229 e. The van der Waals surface area contributed by atoms with Gasteiger partial charge in [0, 0.05) is 38.4 Å². The third-order valence-corrected chi connectivity index (χ3v) is 6.27. The first-order valence-electron chi connectivity index (χ1n) is 10.5. The molecule has 5 rings (SSSR count). The summed E-state index contributed by atoms with van der Waals surface area (Å²) in [5.74, 6) is 0.158. The van der Waals surface area contributed by atoms with E-state index in [2.05, 4.69) is 20.9 Å². The Bertz CT molecular complexity index is 899. The number of piperidine rings is 3. The van der Waals surface area contributed by atoms with Gasteiger partial charge in [-0.2, -0.15) is 0 Å². The fourth-order valence-corrected chi connectivity index (χ4v) is 4.74. The number of hydrogen-bond acceptors (Lipinski definition) is 4. The zero-order valence-electron chi connectivity index (χ0n) is 17.1. The summed E-state index contributed by atoms with van der Waals surface area (Å²) in [5, 5.41) is 14.1. The van der Waals surface area contributed by atoms with Crippen LogP contribution in [0.1, 0.15) is 19.8 Å². The summed E-state index contributed by atoms with van der Waals surface area (Å²) in [6.45, 7) is 5.06. The van der Waals surface area contributed by atoms with Gasteiger partial charge in [0.1, 0.15) is 17.6 Å². The van der Waals surface area contributed by atoms with Crippen molar-refractivity contribution in [3.8, 4) is 11.3 Å². The Morgan fingerprint density at radius 1 is 1.23 bits per heavy atom. The first-order valence-corrected chi connectivity index (χ1v) is 10.5. The Kier molecular flexibility index (Phi) is 6.08. The molecule has 1 aromatic heterocycles. The molecule has 1 unspecified atom stereocenters. The monoisotopic (exact) mass is 415 g/mol. The van der Waals surface area contributed by atoms with Gasteiger partial charge in [0.2, 0.25) is 11.8 Å². The molecule has 30 heavy (non-hydrogen) atoms. The zero-order valence-corrected chi connectivity index (χ0v) is 17.1. The summed E-state index contributed by atoms with van der Waals surface area (Å²) in [5.41, 5.74) is 1.58. The molecule has 0 radical (unpaired) electrons. The van der Waals surface area contributed by atoms with E-state index in [9.17, 15) is 14.0 Å². The highest BCUT2D eigenvalue weighted by atomic mass is 19.1. The molecule has 9 heteroatoms. The molecular weight excluding hydrogens is 387 g/mol. The Morgan fingerprint density at radius 2 is 2.00 bits per heavy atom. The SMILES string of the molecule is CC(=O)NCCNC(=O)[C@H]1C[NH+]2CC[C@@H]1C[C@@H]2Cn1cc(-c2ccc(F)cc2)nn1. The van der Waals surface area contributed by atoms with Crippen LogP contribution in [-0.2, 0) is 16.1 Å². The summed E-state index contributed by atoms with van der Waals surface area (Å²) in [4.78, 5) is 25.0. The van der Waals surface area contributed by atoms with Gasteiger partial charge in [0.05, 0.1) is 31.7 Å². The minimum absolute atomic E-state index is 0.0350. The average Bonchev–Trinajstić information content (AvgIpc) is 3.20. The van der Waals surface area contributed by atoms with Crippen LogP contribution in [0, 0.1) is 17.7 Å². The fraction of sp³-hybridized carbons (Fsp3) is 0.524. The second-order valence-electron chi connectivity index (χ2n) is 8.31. The lowest BCUT2D eigenvalue weighted by Gasteiger charge is -2.46. The standard InChI is InChI=1S/C21H27FN6O2/c1-14(29)23-7-8-24-21(30)19-12-27-9-6-16(19)10-18(27)11-28-13-20(25-26-28)15-2-4-17(22)5-3-15/h2-5,13,16,18-19H,6-12H2,1H3,(H,23,29)(H,24,30)/p+1/t16-,18-,19+/m1/s1. The number of carbonyl (C=O) groups is 2. The maximum atomic E-state index is 13.1. The molecule has 3 N–H and O–H groups in total. The predicted molar refractivity (Wildman–Crippen MR) is 108 cm³/mol. The molecule has 3 saturated heterocycles. The zero-order chi connectivity index (χ0) is 21.1. The van der Waals surface area contributed by atoms with E-state index in [1.165, 1.54) is 24.0 Å². The number of hydrogen-bond donors (Lipinski definition) is 3. The molecule has 3 fully saturated rings. The number of quaternary nitrogens is 1. The number of carbonyl (C=O) groups excluding carboxylic acids is 2. The molecule has 0 saturated carbocycles. The molecule has 4 atom stereocenters. The normalized spacial score (nSPS) is 25.1. The van der Waals surface area contributed by atoms with Crippen LogP contribution in [0.2, 0.25) is 0 Å². The van der Waals surface area contributed by atoms with Gasteiger partial charge >= 0.3 is 0 Å². The molecule has 3 aliphatic rings. The Morgan fingerprint density at radius 3 is 2.70 bits per heavy atom. The quantitative estimate of drug-likeness (QED) is 0.538. The molecule has 1 aromatic carbocycles. The van der Waals surface area contributed by atoms with E-state index in [4.69, 9.17) is 0 Å². The molecule has 160 valence electrons. The van der Waals surface area contributed by atoms with Gasteiger partial charge in [0.15, 0.2) is 0 Å². The van der Waals surface area contributed by atoms with Gasteiger partial charge in [-0.1, -0.05) is 5.21 Å². The van der Waals surface area contributed by atoms with Crippen LogP contribution in [0.5, 0.6) is 0 Å². The number of halogens is 1. The largest absolute Gasteiger partial charge is 0.355 e. The number of aromatic nitrogens is 3. The van der Waals surface area contributed by atoms with Crippen LogP contribution in [-0.4, -0.2) is 59.0 Å². The van der Waals surface area contributed by atoms with E-state index in [0.29, 0.717) is 25.0 Å². The van der Waals surface area contributed by atoms with E-state index in [0.717, 1.165) is 43.7 Å². The lowest BCUT2D eigenvalue weighted by atomic mass is 9.75. The second kappa shape index (κ2) is 8.91.